The molecular formula is C43H63FN6O12. The monoisotopic (exact) mass is 874 g/mol. The number of carbonyl (C=O) groups is 3. The number of esters is 1. The van der Waals surface area contributed by atoms with Crippen LogP contribution in [0, 0.1) is 17.8 Å². The third kappa shape index (κ3) is 10.7. The Labute approximate surface area is 361 Å². The number of nitrogens with two attached hydrogens (primary N) is 1. The summed E-state index contributed by atoms with van der Waals surface area (Å²) >= 11 is 0. The highest BCUT2D eigenvalue weighted by Crippen LogP contribution is 2.41. The maximum absolute atomic E-state index is 16.9. The first kappa shape index (κ1) is 48.8. The predicted octanol–water partition coefficient (Wildman–Crippen LogP) is 3.85. The van der Waals surface area contributed by atoms with Crippen LogP contribution in [0.5, 0.6) is 0 Å². The Balaban J connectivity index is 1.66. The lowest BCUT2D eigenvalue weighted by molar-refractivity contribution is -0.296. The zero-order valence-electron chi connectivity index (χ0n) is 37.5. The van der Waals surface area contributed by atoms with E-state index in [-0.39, 0.29) is 50.1 Å². The molecule has 2 aromatic rings. The normalized spacial score (nSPS) is 38.0. The van der Waals surface area contributed by atoms with Crippen molar-refractivity contribution in [2.24, 2.45) is 27.9 Å². The van der Waals surface area contributed by atoms with Gasteiger partial charge in [0, 0.05) is 30.5 Å². The van der Waals surface area contributed by atoms with Gasteiger partial charge < -0.3 is 53.8 Å². The van der Waals surface area contributed by atoms with Crippen LogP contribution < -0.4 is 5.73 Å². The highest BCUT2D eigenvalue weighted by Gasteiger charge is 2.56. The van der Waals surface area contributed by atoms with Crippen LogP contribution in [-0.4, -0.2) is 141 Å². The second-order valence-corrected chi connectivity index (χ2v) is 17.6. The molecule has 0 aliphatic carbocycles. The molecule has 62 heavy (non-hydrogen) atoms. The van der Waals surface area contributed by atoms with Gasteiger partial charge in [0.05, 0.1) is 43.3 Å². The number of fused-ring (bicyclic) bond motifs is 5. The van der Waals surface area contributed by atoms with Gasteiger partial charge in [0.15, 0.2) is 24.4 Å². The Hall–Kier alpha value is -4.24. The predicted molar refractivity (Wildman–Crippen MR) is 223 cm³/mol. The lowest BCUT2D eigenvalue weighted by atomic mass is 9.73. The number of oxazole rings is 1. The summed E-state index contributed by atoms with van der Waals surface area (Å²) in [6, 6.07) is 4.61. The number of nitrogen functional groups attached to an aromatic ring is 1. The lowest BCUT2D eigenvalue weighted by Crippen LogP contribution is -2.61. The van der Waals surface area contributed by atoms with E-state index in [0.717, 1.165) is 6.92 Å². The standard InChI is InChI=1S/C43H63FN6O12/c1-12-31-43(9,55)37-24(4)33(47-26(6)51)22(2)17-41(7,57-20-27(19-56-37)49-58-21-28-18-46-38(60-28)29-14-13-15-32(45)48-29)36(25(5)35(53)42(8,44)40(54)61-31)62-39-34(52)30(50(10)11)16-23(3)59-39/h13-15,18,22-25,30-31,34,36-37,39,52,55H,12,16-17,19-21H2,1-11H3,(H2,45,48)/b47-33?,49-27+/t22-,23-,24+,25+,30+,31-,34-,36-,37+,39+,41-,42+,43-/m1/s1. The maximum Gasteiger partial charge on any atom is 0.351 e. The number of ether oxygens (including phenoxy) is 5. The van der Waals surface area contributed by atoms with Gasteiger partial charge in [-0.15, -0.1) is 0 Å². The number of aromatic nitrogens is 2. The third-order valence-corrected chi connectivity index (χ3v) is 12.1. The number of pyridine rings is 1. The van der Waals surface area contributed by atoms with Gasteiger partial charge in [-0.05, 0) is 79.1 Å². The number of ketones is 1. The van der Waals surface area contributed by atoms with Crippen molar-refractivity contribution in [1.29, 1.82) is 0 Å². The number of aliphatic hydroxyl groups excluding tert-OH is 1. The van der Waals surface area contributed by atoms with Gasteiger partial charge in [-0.3, -0.25) is 9.59 Å². The number of nitrogens with zero attached hydrogens (tertiary/aromatic N) is 5. The molecule has 19 heteroatoms. The van der Waals surface area contributed by atoms with Crippen molar-refractivity contribution >= 4 is 34.9 Å². The molecular weight excluding hydrogens is 812 g/mol. The molecule has 2 aromatic heterocycles. The van der Waals surface area contributed by atoms with Crippen LogP contribution in [0.3, 0.4) is 0 Å². The van der Waals surface area contributed by atoms with Crippen LogP contribution in [0.4, 0.5) is 10.2 Å². The second kappa shape index (κ2) is 19.7. The number of amides is 1. The van der Waals surface area contributed by atoms with Gasteiger partial charge in [0.2, 0.25) is 11.8 Å². The van der Waals surface area contributed by atoms with E-state index >= 15 is 4.39 Å². The van der Waals surface area contributed by atoms with Crippen molar-refractivity contribution in [1.82, 2.24) is 14.9 Å². The molecule has 0 spiro atoms. The fourth-order valence-electron chi connectivity index (χ4n) is 8.86. The van der Waals surface area contributed by atoms with E-state index in [9.17, 15) is 24.6 Å². The Morgan fingerprint density at radius 2 is 1.82 bits per heavy atom. The Morgan fingerprint density at radius 1 is 1.11 bits per heavy atom. The topological polar surface area (TPSA) is 240 Å². The molecule has 13 atom stereocenters. The number of oxime groups is 1. The van der Waals surface area contributed by atoms with Gasteiger partial charge in [-0.25, -0.2) is 24.1 Å². The number of alkyl halides is 1. The Morgan fingerprint density at radius 3 is 2.47 bits per heavy atom. The number of aliphatic hydroxyl groups is 2. The minimum absolute atomic E-state index is 0.0201. The minimum Gasteiger partial charge on any atom is -0.457 e. The summed E-state index contributed by atoms with van der Waals surface area (Å²) < 4.78 is 54.5. The molecule has 3 aliphatic heterocycles. The minimum atomic E-state index is -3.24. The second-order valence-electron chi connectivity index (χ2n) is 17.6. The number of hydrogen-bond donors (Lipinski definition) is 3. The molecule has 1 amide bonds. The highest BCUT2D eigenvalue weighted by atomic mass is 19.1. The number of anilines is 1. The molecule has 3 fully saturated rings. The van der Waals surface area contributed by atoms with Crippen LogP contribution in [-0.2, 0) is 49.5 Å². The molecule has 0 aromatic carbocycles. The van der Waals surface area contributed by atoms with Crippen LogP contribution in [0.25, 0.3) is 11.6 Å². The molecule has 3 saturated heterocycles. The van der Waals surface area contributed by atoms with E-state index in [1.807, 2.05) is 25.9 Å². The third-order valence-electron chi connectivity index (χ3n) is 12.1. The number of aliphatic imine (C=N–C) groups is 1. The van der Waals surface area contributed by atoms with Gasteiger partial charge in [-0.1, -0.05) is 38.9 Å². The first-order valence-corrected chi connectivity index (χ1v) is 21.0. The summed E-state index contributed by atoms with van der Waals surface area (Å²) in [6.45, 7) is 12.6. The number of carbonyl (C=O) groups excluding carboxylic acids is 3. The number of Topliss-reactive ketones (excluding diaryl/α,β-unsaturated/α-hetero) is 1. The van der Waals surface area contributed by atoms with E-state index < -0.39 is 95.1 Å². The first-order chi connectivity index (χ1) is 29.0. The van der Waals surface area contributed by atoms with Crippen molar-refractivity contribution in [2.75, 3.05) is 33.0 Å². The molecule has 5 heterocycles. The summed E-state index contributed by atoms with van der Waals surface area (Å²) in [5.41, 5.74) is -0.204. The molecule has 0 saturated carbocycles. The summed E-state index contributed by atoms with van der Waals surface area (Å²) in [5, 5.41) is 28.4. The number of halogens is 1. The average Bonchev–Trinajstić information content (AvgIpc) is 3.67. The highest BCUT2D eigenvalue weighted by molar-refractivity contribution is 6.08. The maximum atomic E-state index is 16.9. The molecule has 3 aliphatic rings. The van der Waals surface area contributed by atoms with Gasteiger partial charge in [0.25, 0.3) is 5.67 Å². The van der Waals surface area contributed by atoms with E-state index in [1.165, 1.54) is 27.0 Å². The summed E-state index contributed by atoms with van der Waals surface area (Å²) in [4.78, 5) is 61.7. The Bertz CT molecular complexity index is 1970. The largest absolute Gasteiger partial charge is 0.457 e. The van der Waals surface area contributed by atoms with Gasteiger partial charge in [-0.2, -0.15) is 0 Å². The zero-order valence-corrected chi connectivity index (χ0v) is 37.5. The number of hydrogen-bond acceptors (Lipinski definition) is 17. The van der Waals surface area contributed by atoms with Gasteiger partial charge in [0.1, 0.15) is 35.0 Å². The summed E-state index contributed by atoms with van der Waals surface area (Å²) in [6.07, 6.45) is -5.21. The van der Waals surface area contributed by atoms with Crippen molar-refractivity contribution in [3.8, 4) is 11.6 Å². The molecule has 344 valence electrons. The van der Waals surface area contributed by atoms with Crippen molar-refractivity contribution < 1.29 is 61.9 Å². The summed E-state index contributed by atoms with van der Waals surface area (Å²) in [5.74, 6) is -5.43. The Kier molecular flexibility index (Phi) is 15.5. The molecule has 18 nitrogen and oxygen atoms in total. The van der Waals surface area contributed by atoms with E-state index in [0.29, 0.717) is 23.6 Å². The van der Waals surface area contributed by atoms with Crippen molar-refractivity contribution in [3.05, 3.63) is 30.2 Å². The lowest BCUT2D eigenvalue weighted by Gasteiger charge is -2.47. The number of cyclic esters (lactones) is 1. The molecule has 0 unspecified atom stereocenters. The van der Waals surface area contributed by atoms with E-state index in [1.54, 1.807) is 45.9 Å². The van der Waals surface area contributed by atoms with Crippen LogP contribution in [0.1, 0.15) is 87.3 Å². The van der Waals surface area contributed by atoms with Crippen molar-refractivity contribution in [2.45, 2.75) is 148 Å². The average molecular weight is 875 g/mol. The number of rotatable bonds is 8. The van der Waals surface area contributed by atoms with Crippen LogP contribution >= 0.6 is 0 Å². The SMILES string of the molecule is CC[C@H]1OC(=O)[C@@](C)(F)C(=O)[C@H](C)[C@@H](O[C@@H]2O[C@H](C)C[C@H](N(C)C)[C@H]2O)[C@@]2(C)C[C@@H](C)C(=NC(C)=O)[C@H](C)[C@H](OC/C(=N\OCc3cnc(-c4cccc(N)n4)o3)CO2)[C@]1(C)O. The molecule has 0 radical (unpaired) electrons. The quantitative estimate of drug-likeness (QED) is 0.194. The summed E-state index contributed by atoms with van der Waals surface area (Å²) in [7, 11) is 3.61. The first-order valence-electron chi connectivity index (χ1n) is 21.0. The number of likely N-dealkylation sites (N-methyl/N-ethyl adjacent to an activating group) is 1. The zero-order chi connectivity index (χ0) is 45.9. The molecule has 4 N–H and O–H groups in total. The van der Waals surface area contributed by atoms with Crippen LogP contribution in [0.2, 0.25) is 0 Å². The molecule has 2 bridgehead atoms. The van der Waals surface area contributed by atoms with Gasteiger partial charge >= 0.3 is 5.97 Å². The smallest absolute Gasteiger partial charge is 0.351 e. The van der Waals surface area contributed by atoms with E-state index in [4.69, 9.17) is 38.7 Å². The van der Waals surface area contributed by atoms with E-state index in [2.05, 4.69) is 20.1 Å². The molecule has 5 rings (SSSR count). The fraction of sp³-hybridized carbons (Fsp3) is 0.698. The fourth-order valence-corrected chi connectivity index (χ4v) is 8.86. The van der Waals surface area contributed by atoms with Crippen LogP contribution in [0.15, 0.2) is 39.0 Å². The van der Waals surface area contributed by atoms with Crippen molar-refractivity contribution in [3.63, 3.8) is 0 Å².